The van der Waals surface area contributed by atoms with Crippen LogP contribution in [0, 0.1) is 17.8 Å². The third-order valence-electron chi connectivity index (χ3n) is 6.71. The van der Waals surface area contributed by atoms with Crippen LogP contribution in [0.2, 0.25) is 0 Å². The van der Waals surface area contributed by atoms with Crippen LogP contribution in [-0.4, -0.2) is 47.0 Å². The Morgan fingerprint density at radius 1 is 1.13 bits per heavy atom. The van der Waals surface area contributed by atoms with Crippen LogP contribution in [0.15, 0.2) is 30.3 Å². The summed E-state index contributed by atoms with van der Waals surface area (Å²) in [7, 11) is 0. The van der Waals surface area contributed by atoms with Gasteiger partial charge in [-0.3, -0.25) is 9.59 Å². The molecule has 1 saturated carbocycles. The second kappa shape index (κ2) is 10.5. The predicted molar refractivity (Wildman–Crippen MR) is 114 cm³/mol. The molecule has 2 fully saturated rings. The second-order valence-electron chi connectivity index (χ2n) is 8.62. The summed E-state index contributed by atoms with van der Waals surface area (Å²) in [5.74, 6) is -1.03. The number of likely N-dealkylation sites (tertiary alicyclic amines) is 1. The van der Waals surface area contributed by atoms with E-state index in [9.17, 15) is 19.5 Å². The van der Waals surface area contributed by atoms with Crippen molar-refractivity contribution in [3.8, 4) is 0 Å². The molecule has 2 aliphatic rings. The fourth-order valence-corrected chi connectivity index (χ4v) is 5.33. The fourth-order valence-electron chi connectivity index (χ4n) is 5.33. The van der Waals surface area contributed by atoms with E-state index in [0.29, 0.717) is 19.0 Å². The monoisotopic (exact) mass is 415 g/mol. The maximum atomic E-state index is 13.1. The first-order chi connectivity index (χ1) is 14.5. The van der Waals surface area contributed by atoms with Gasteiger partial charge in [0, 0.05) is 19.5 Å². The fraction of sp³-hybridized carbons (Fsp3) is 0.609. The van der Waals surface area contributed by atoms with Gasteiger partial charge in [-0.15, -0.1) is 0 Å². The Hall–Kier alpha value is -2.57. The van der Waals surface area contributed by atoms with Gasteiger partial charge in [0.1, 0.15) is 0 Å². The zero-order valence-corrected chi connectivity index (χ0v) is 17.5. The van der Waals surface area contributed by atoms with E-state index in [1.807, 2.05) is 30.3 Å². The maximum Gasteiger partial charge on any atom is 0.407 e. The minimum Gasteiger partial charge on any atom is -0.465 e. The van der Waals surface area contributed by atoms with Crippen molar-refractivity contribution >= 4 is 17.9 Å². The number of fused-ring (bicyclic) bond motifs is 1. The number of hydrogen-bond donors (Lipinski definition) is 3. The summed E-state index contributed by atoms with van der Waals surface area (Å²) >= 11 is 0. The highest BCUT2D eigenvalue weighted by Crippen LogP contribution is 2.43. The molecule has 1 heterocycles. The number of rotatable bonds is 8. The summed E-state index contributed by atoms with van der Waals surface area (Å²) in [5.41, 5.74) is 6.68. The van der Waals surface area contributed by atoms with Crippen LogP contribution >= 0.6 is 0 Å². The number of carboxylic acid groups (broad SMARTS) is 1. The molecule has 1 aliphatic heterocycles. The Balaban J connectivity index is 1.69. The molecule has 7 heteroatoms. The first kappa shape index (κ1) is 22.1. The van der Waals surface area contributed by atoms with Crippen molar-refractivity contribution in [2.24, 2.45) is 23.5 Å². The van der Waals surface area contributed by atoms with Gasteiger partial charge in [-0.25, -0.2) is 4.79 Å². The van der Waals surface area contributed by atoms with Crippen molar-refractivity contribution in [3.63, 3.8) is 0 Å². The molecule has 4 unspecified atom stereocenters. The Labute approximate surface area is 178 Å². The normalized spacial score (nSPS) is 24.5. The lowest BCUT2D eigenvalue weighted by molar-refractivity contribution is -0.134. The second-order valence-corrected chi connectivity index (χ2v) is 8.62. The van der Waals surface area contributed by atoms with E-state index in [1.54, 1.807) is 0 Å². The predicted octanol–water partition coefficient (Wildman–Crippen LogP) is 2.79. The number of nitrogens with one attached hydrogen (secondary N) is 1. The molecule has 1 aromatic rings. The molecule has 164 valence electrons. The number of nitrogens with zero attached hydrogens (tertiary/aromatic N) is 1. The summed E-state index contributed by atoms with van der Waals surface area (Å²) in [5, 5.41) is 12.7. The minimum absolute atomic E-state index is 0.114. The Kier molecular flexibility index (Phi) is 7.71. The molecule has 0 spiro atoms. The van der Waals surface area contributed by atoms with E-state index >= 15 is 0 Å². The zero-order valence-electron chi connectivity index (χ0n) is 17.5. The minimum atomic E-state index is -1.02. The van der Waals surface area contributed by atoms with E-state index in [2.05, 4.69) is 5.32 Å². The van der Waals surface area contributed by atoms with E-state index in [-0.39, 0.29) is 18.2 Å². The lowest BCUT2D eigenvalue weighted by atomic mass is 9.67. The lowest BCUT2D eigenvalue weighted by Crippen LogP contribution is -2.58. The molecule has 1 saturated heterocycles. The highest BCUT2D eigenvalue weighted by molar-refractivity contribution is 5.86. The zero-order chi connectivity index (χ0) is 21.5. The third-order valence-corrected chi connectivity index (χ3v) is 6.71. The van der Waals surface area contributed by atoms with Gasteiger partial charge in [0.25, 0.3) is 0 Å². The van der Waals surface area contributed by atoms with Crippen molar-refractivity contribution in [2.75, 3.05) is 13.1 Å². The number of nitrogens with two attached hydrogens (primary N) is 1. The van der Waals surface area contributed by atoms with Crippen molar-refractivity contribution in [1.82, 2.24) is 10.2 Å². The smallest absolute Gasteiger partial charge is 0.407 e. The topological polar surface area (TPSA) is 113 Å². The number of benzene rings is 1. The van der Waals surface area contributed by atoms with Crippen molar-refractivity contribution in [2.45, 2.75) is 57.4 Å². The molecule has 4 atom stereocenters. The van der Waals surface area contributed by atoms with Crippen LogP contribution in [0.5, 0.6) is 0 Å². The van der Waals surface area contributed by atoms with E-state index < -0.39 is 24.0 Å². The van der Waals surface area contributed by atoms with Crippen LogP contribution in [-0.2, 0) is 16.0 Å². The number of aryl methyl sites for hydroxylation is 1. The van der Waals surface area contributed by atoms with Gasteiger partial charge in [0.05, 0.1) is 12.0 Å². The highest BCUT2D eigenvalue weighted by atomic mass is 16.4. The van der Waals surface area contributed by atoms with Crippen molar-refractivity contribution < 1.29 is 19.5 Å². The quantitative estimate of drug-likeness (QED) is 0.567. The molecule has 0 aromatic heterocycles. The largest absolute Gasteiger partial charge is 0.465 e. The molecule has 0 bridgehead atoms. The number of primary amides is 1. The summed E-state index contributed by atoms with van der Waals surface area (Å²) in [6.07, 6.45) is 5.45. The van der Waals surface area contributed by atoms with Crippen LogP contribution in [0.25, 0.3) is 0 Å². The Bertz CT molecular complexity index is 739. The molecule has 0 radical (unpaired) electrons. The Morgan fingerprint density at radius 3 is 2.57 bits per heavy atom. The number of hydrogen-bond acceptors (Lipinski definition) is 3. The molecule has 30 heavy (non-hydrogen) atoms. The standard InChI is InChI=1S/C23H33N3O4/c24-20(27)15-19(22(28)25-13-6-9-16-7-2-1-3-8-16)21-18-11-5-4-10-17(18)12-14-26(21)23(29)30/h1-3,7-8,17-19,21H,4-6,9-15H2,(H2,24,27)(H,25,28)(H,29,30). The average Bonchev–Trinajstić information content (AvgIpc) is 2.74. The summed E-state index contributed by atoms with van der Waals surface area (Å²) in [4.78, 5) is 38.2. The van der Waals surface area contributed by atoms with E-state index in [0.717, 1.165) is 44.9 Å². The van der Waals surface area contributed by atoms with E-state index in [1.165, 1.54) is 10.5 Å². The Morgan fingerprint density at radius 2 is 1.87 bits per heavy atom. The average molecular weight is 416 g/mol. The number of carbonyl (C=O) groups is 3. The van der Waals surface area contributed by atoms with Crippen LogP contribution in [0.1, 0.15) is 50.5 Å². The molecule has 1 aromatic carbocycles. The molecular weight excluding hydrogens is 382 g/mol. The highest BCUT2D eigenvalue weighted by Gasteiger charge is 2.47. The van der Waals surface area contributed by atoms with Crippen LogP contribution in [0.3, 0.4) is 0 Å². The van der Waals surface area contributed by atoms with E-state index in [4.69, 9.17) is 5.73 Å². The molecule has 3 rings (SSSR count). The number of amides is 3. The summed E-state index contributed by atoms with van der Waals surface area (Å²) in [6.45, 7) is 0.897. The van der Waals surface area contributed by atoms with Crippen LogP contribution in [0.4, 0.5) is 4.79 Å². The number of carbonyl (C=O) groups excluding carboxylic acids is 2. The third kappa shape index (κ3) is 5.52. The molecular formula is C23H33N3O4. The van der Waals surface area contributed by atoms with Gasteiger partial charge in [-0.1, -0.05) is 49.6 Å². The molecule has 4 N–H and O–H groups in total. The van der Waals surface area contributed by atoms with Gasteiger partial charge >= 0.3 is 6.09 Å². The maximum absolute atomic E-state index is 13.1. The SMILES string of the molecule is NC(=O)CC(C(=O)NCCCc1ccccc1)C1C2CCCCC2CCN1C(=O)O. The van der Waals surface area contributed by atoms with Gasteiger partial charge in [-0.05, 0) is 43.1 Å². The first-order valence-corrected chi connectivity index (χ1v) is 11.1. The molecule has 7 nitrogen and oxygen atoms in total. The molecule has 1 aliphatic carbocycles. The van der Waals surface area contributed by atoms with Gasteiger partial charge in [0.15, 0.2) is 0 Å². The van der Waals surface area contributed by atoms with Crippen molar-refractivity contribution in [3.05, 3.63) is 35.9 Å². The lowest BCUT2D eigenvalue weighted by Gasteiger charge is -2.49. The van der Waals surface area contributed by atoms with Gasteiger partial charge in [-0.2, -0.15) is 0 Å². The summed E-state index contributed by atoms with van der Waals surface area (Å²) in [6, 6.07) is 9.56. The first-order valence-electron chi connectivity index (χ1n) is 11.1. The van der Waals surface area contributed by atoms with Gasteiger partial charge < -0.3 is 21.1 Å². The van der Waals surface area contributed by atoms with Gasteiger partial charge in [0.2, 0.25) is 11.8 Å². The molecule has 3 amide bonds. The summed E-state index contributed by atoms with van der Waals surface area (Å²) < 4.78 is 0. The van der Waals surface area contributed by atoms with Crippen molar-refractivity contribution in [1.29, 1.82) is 0 Å². The number of piperidine rings is 1. The van der Waals surface area contributed by atoms with Crippen LogP contribution < -0.4 is 11.1 Å².